The second kappa shape index (κ2) is 8.55. The van der Waals surface area contributed by atoms with Crippen molar-refractivity contribution in [2.45, 2.75) is 50.0 Å². The molecule has 0 radical (unpaired) electrons. The van der Waals surface area contributed by atoms with Gasteiger partial charge in [0.25, 0.3) is 0 Å². The predicted octanol–water partition coefficient (Wildman–Crippen LogP) is 8.06. The Bertz CT molecular complexity index is 751. The largest absolute Gasteiger partial charge is 0.385 e. The molecular formula is C20H20Br4O. The molecule has 2 aromatic carbocycles. The van der Waals surface area contributed by atoms with Crippen LogP contribution in [-0.2, 0) is 5.60 Å². The lowest BCUT2D eigenvalue weighted by Crippen LogP contribution is -2.33. The van der Waals surface area contributed by atoms with E-state index in [2.05, 4.69) is 81.9 Å². The van der Waals surface area contributed by atoms with Gasteiger partial charge in [0.05, 0.1) is 5.60 Å². The molecule has 5 heteroatoms. The number of hydrogen-bond donors (Lipinski definition) is 1. The van der Waals surface area contributed by atoms with Crippen molar-refractivity contribution in [1.29, 1.82) is 0 Å². The fourth-order valence-electron chi connectivity index (χ4n) is 3.18. The van der Waals surface area contributed by atoms with Gasteiger partial charge >= 0.3 is 0 Å². The van der Waals surface area contributed by atoms with E-state index in [1.54, 1.807) is 0 Å². The Kier molecular flexibility index (Phi) is 6.87. The van der Waals surface area contributed by atoms with Crippen LogP contribution in [0.4, 0.5) is 0 Å². The summed E-state index contributed by atoms with van der Waals surface area (Å²) in [6.45, 7) is 0. The molecule has 2 aliphatic rings. The molecule has 4 rings (SSSR count). The molecule has 0 heterocycles. The first-order valence-corrected chi connectivity index (χ1v) is 11.7. The zero-order valence-corrected chi connectivity index (χ0v) is 20.1. The first-order valence-electron chi connectivity index (χ1n) is 8.52. The maximum Gasteiger partial charge on any atom is 0.0907 e. The van der Waals surface area contributed by atoms with Gasteiger partial charge in [-0.1, -0.05) is 70.1 Å². The Morgan fingerprint density at radius 2 is 1.40 bits per heavy atom. The van der Waals surface area contributed by atoms with Gasteiger partial charge < -0.3 is 5.11 Å². The van der Waals surface area contributed by atoms with E-state index in [-0.39, 0.29) is 0 Å². The second-order valence-electron chi connectivity index (χ2n) is 6.80. The van der Waals surface area contributed by atoms with Crippen LogP contribution in [-0.4, -0.2) is 5.11 Å². The summed E-state index contributed by atoms with van der Waals surface area (Å²) in [5, 5.41) is 10.1. The van der Waals surface area contributed by atoms with Gasteiger partial charge in [0.1, 0.15) is 0 Å². The highest BCUT2D eigenvalue weighted by Gasteiger charge is 2.37. The minimum atomic E-state index is -0.581. The summed E-state index contributed by atoms with van der Waals surface area (Å²) in [7, 11) is 0. The molecule has 0 aliphatic heterocycles. The molecule has 0 bridgehead atoms. The molecule has 25 heavy (non-hydrogen) atoms. The molecule has 0 aromatic heterocycles. The van der Waals surface area contributed by atoms with E-state index in [0.29, 0.717) is 0 Å². The summed E-state index contributed by atoms with van der Waals surface area (Å²) >= 11 is 14.0. The fraction of sp³-hybridized carbons (Fsp3) is 0.400. The molecular weight excluding hydrogens is 576 g/mol. The summed E-state index contributed by atoms with van der Waals surface area (Å²) in [5.41, 5.74) is 1.89. The van der Waals surface area contributed by atoms with Crippen molar-refractivity contribution in [2.75, 3.05) is 0 Å². The number of hydrogen-bond acceptors (Lipinski definition) is 1. The Hall–Kier alpha value is 0.320. The molecule has 1 nitrogen and oxygen atoms in total. The first kappa shape index (κ1) is 20.1. The standard InChI is InChI=1S/C10H10Br2O.C10H10Br2/c11-7-2-3-9(12)8(6-7)10(13)4-1-5-10;11-8-4-5-10(12)9(6-8)7-2-1-3-7/h2-3,6,13H,1,4-5H2;4-7H,1-3H2. The van der Waals surface area contributed by atoms with Crippen molar-refractivity contribution in [1.82, 2.24) is 0 Å². The van der Waals surface area contributed by atoms with Gasteiger partial charge in [-0.3, -0.25) is 0 Å². The second-order valence-corrected chi connectivity index (χ2v) is 10.3. The lowest BCUT2D eigenvalue weighted by atomic mass is 9.75. The Labute approximate surface area is 183 Å². The highest BCUT2D eigenvalue weighted by molar-refractivity contribution is 9.11. The molecule has 0 unspecified atom stereocenters. The predicted molar refractivity (Wildman–Crippen MR) is 118 cm³/mol. The van der Waals surface area contributed by atoms with Crippen molar-refractivity contribution < 1.29 is 5.11 Å². The molecule has 0 saturated heterocycles. The Balaban J connectivity index is 0.000000146. The summed E-state index contributed by atoms with van der Waals surface area (Å²) in [5.74, 6) is 0.803. The summed E-state index contributed by atoms with van der Waals surface area (Å²) in [6.07, 6.45) is 6.98. The molecule has 1 N–H and O–H groups in total. The Morgan fingerprint density at radius 1 is 0.800 bits per heavy atom. The van der Waals surface area contributed by atoms with Gasteiger partial charge in [-0.05, 0) is 85.5 Å². The van der Waals surface area contributed by atoms with E-state index < -0.39 is 5.60 Å². The normalized spacial score (nSPS) is 18.6. The molecule has 2 aromatic rings. The third-order valence-corrected chi connectivity index (χ3v) is 7.51. The quantitative estimate of drug-likeness (QED) is 0.372. The molecule has 2 aliphatic carbocycles. The average Bonchev–Trinajstić information content (AvgIpc) is 2.50. The van der Waals surface area contributed by atoms with Crippen molar-refractivity contribution in [3.63, 3.8) is 0 Å². The molecule has 0 spiro atoms. The van der Waals surface area contributed by atoms with E-state index in [4.69, 9.17) is 0 Å². The van der Waals surface area contributed by atoms with Crippen LogP contribution in [0.3, 0.4) is 0 Å². The topological polar surface area (TPSA) is 20.2 Å². The van der Waals surface area contributed by atoms with Gasteiger partial charge in [-0.25, -0.2) is 0 Å². The van der Waals surface area contributed by atoms with Gasteiger partial charge in [-0.2, -0.15) is 0 Å². The van der Waals surface area contributed by atoms with Crippen LogP contribution < -0.4 is 0 Å². The molecule has 0 atom stereocenters. The first-order chi connectivity index (χ1) is 11.9. The van der Waals surface area contributed by atoms with Crippen LogP contribution in [0.15, 0.2) is 54.3 Å². The van der Waals surface area contributed by atoms with E-state index in [9.17, 15) is 5.11 Å². The van der Waals surface area contributed by atoms with Gasteiger partial charge in [0, 0.05) is 17.9 Å². The molecule has 2 fully saturated rings. The van der Waals surface area contributed by atoms with Crippen LogP contribution in [0.1, 0.15) is 55.6 Å². The highest BCUT2D eigenvalue weighted by Crippen LogP contribution is 2.44. The average molecular weight is 596 g/mol. The monoisotopic (exact) mass is 592 g/mol. The zero-order chi connectivity index (χ0) is 18.0. The summed E-state index contributed by atoms with van der Waals surface area (Å²) in [4.78, 5) is 0. The summed E-state index contributed by atoms with van der Waals surface area (Å²) in [6, 6.07) is 12.4. The van der Waals surface area contributed by atoms with Crippen molar-refractivity contribution >= 4 is 63.7 Å². The maximum atomic E-state index is 10.1. The van der Waals surface area contributed by atoms with Crippen molar-refractivity contribution in [2.24, 2.45) is 0 Å². The van der Waals surface area contributed by atoms with E-state index in [1.807, 2.05) is 18.2 Å². The third kappa shape index (κ3) is 4.78. The van der Waals surface area contributed by atoms with E-state index in [0.717, 1.165) is 39.7 Å². The van der Waals surface area contributed by atoms with Crippen LogP contribution in [0.5, 0.6) is 0 Å². The number of benzene rings is 2. The van der Waals surface area contributed by atoms with Crippen LogP contribution in [0, 0.1) is 0 Å². The zero-order valence-electron chi connectivity index (χ0n) is 13.7. The van der Waals surface area contributed by atoms with Gasteiger partial charge in [0.2, 0.25) is 0 Å². The fourth-order valence-corrected chi connectivity index (χ4v) is 5.11. The van der Waals surface area contributed by atoms with Crippen molar-refractivity contribution in [3.05, 3.63) is 65.4 Å². The van der Waals surface area contributed by atoms with Crippen LogP contribution >= 0.6 is 63.7 Å². The smallest absolute Gasteiger partial charge is 0.0907 e. The van der Waals surface area contributed by atoms with E-state index in [1.165, 1.54) is 33.8 Å². The SMILES string of the molecule is Brc1ccc(Br)c(C2CCC2)c1.OC1(c2cc(Br)ccc2Br)CCC1. The minimum absolute atomic E-state index is 0.581. The molecule has 2 saturated carbocycles. The van der Waals surface area contributed by atoms with Gasteiger partial charge in [-0.15, -0.1) is 0 Å². The minimum Gasteiger partial charge on any atom is -0.385 e. The molecule has 0 amide bonds. The van der Waals surface area contributed by atoms with Gasteiger partial charge in [0.15, 0.2) is 0 Å². The number of halogens is 4. The van der Waals surface area contributed by atoms with Crippen molar-refractivity contribution in [3.8, 4) is 0 Å². The number of rotatable bonds is 2. The Morgan fingerprint density at radius 3 is 1.92 bits per heavy atom. The lowest BCUT2D eigenvalue weighted by Gasteiger charge is -2.37. The maximum absolute atomic E-state index is 10.1. The number of aliphatic hydroxyl groups is 1. The third-order valence-electron chi connectivity index (χ3n) is 5.11. The van der Waals surface area contributed by atoms with Crippen LogP contribution in [0.25, 0.3) is 0 Å². The molecule has 134 valence electrons. The highest BCUT2D eigenvalue weighted by atomic mass is 79.9. The lowest BCUT2D eigenvalue weighted by molar-refractivity contribution is -0.0394. The van der Waals surface area contributed by atoms with Crippen LogP contribution in [0.2, 0.25) is 0 Å². The van der Waals surface area contributed by atoms with E-state index >= 15 is 0 Å². The summed E-state index contributed by atoms with van der Waals surface area (Å²) < 4.78 is 4.46.